The molecule has 0 aromatic carbocycles. The van der Waals surface area contributed by atoms with E-state index in [2.05, 4.69) is 5.32 Å². The van der Waals surface area contributed by atoms with Gasteiger partial charge in [-0.15, -0.1) is 23.7 Å². The number of carbonyl (C=O) groups is 2. The Morgan fingerprint density at radius 1 is 1.55 bits per heavy atom. The average Bonchev–Trinajstić information content (AvgIpc) is 2.92. The van der Waals surface area contributed by atoms with Gasteiger partial charge in [0.15, 0.2) is 0 Å². The van der Waals surface area contributed by atoms with Crippen molar-refractivity contribution in [3.8, 4) is 0 Å². The highest BCUT2D eigenvalue weighted by molar-refractivity contribution is 7.12. The lowest BCUT2D eigenvalue weighted by atomic mass is 10.2. The van der Waals surface area contributed by atoms with Crippen molar-refractivity contribution in [2.45, 2.75) is 13.0 Å². The molecule has 0 bridgehead atoms. The molecule has 112 valence electrons. The number of hydrogen-bond donors (Lipinski definition) is 1. The van der Waals surface area contributed by atoms with Crippen molar-refractivity contribution in [3.05, 3.63) is 22.4 Å². The van der Waals surface area contributed by atoms with Crippen molar-refractivity contribution >= 4 is 35.6 Å². The first kappa shape index (κ1) is 16.9. The van der Waals surface area contributed by atoms with Crippen molar-refractivity contribution in [1.29, 1.82) is 0 Å². The third-order valence-corrected chi connectivity index (χ3v) is 4.13. The summed E-state index contributed by atoms with van der Waals surface area (Å²) in [6.45, 7) is 4.50. The number of amides is 2. The van der Waals surface area contributed by atoms with Crippen LogP contribution in [0.5, 0.6) is 0 Å². The summed E-state index contributed by atoms with van der Waals surface area (Å²) in [5, 5.41) is 5.11. The molecule has 1 saturated heterocycles. The van der Waals surface area contributed by atoms with Gasteiger partial charge in [-0.3, -0.25) is 9.59 Å². The van der Waals surface area contributed by atoms with Gasteiger partial charge in [-0.1, -0.05) is 6.07 Å². The van der Waals surface area contributed by atoms with Crippen molar-refractivity contribution in [3.63, 3.8) is 0 Å². The summed E-state index contributed by atoms with van der Waals surface area (Å²) < 4.78 is 0. The maximum atomic E-state index is 12.2. The van der Waals surface area contributed by atoms with E-state index in [0.29, 0.717) is 11.4 Å². The third-order valence-electron chi connectivity index (χ3n) is 3.27. The summed E-state index contributed by atoms with van der Waals surface area (Å²) in [6.07, 6.45) is 0. The van der Waals surface area contributed by atoms with Crippen LogP contribution >= 0.6 is 23.7 Å². The Kier molecular flexibility index (Phi) is 6.45. The molecule has 7 heteroatoms. The van der Waals surface area contributed by atoms with Gasteiger partial charge in [0.25, 0.3) is 5.91 Å². The molecule has 2 rings (SSSR count). The molecule has 0 radical (unpaired) electrons. The lowest BCUT2D eigenvalue weighted by Gasteiger charge is -2.35. The van der Waals surface area contributed by atoms with E-state index in [1.165, 1.54) is 16.2 Å². The van der Waals surface area contributed by atoms with Crippen LogP contribution in [-0.2, 0) is 4.79 Å². The molecule has 1 aromatic heterocycles. The monoisotopic (exact) mass is 317 g/mol. The van der Waals surface area contributed by atoms with Crippen LogP contribution in [0.15, 0.2) is 17.5 Å². The molecule has 0 unspecified atom stereocenters. The van der Waals surface area contributed by atoms with Crippen molar-refractivity contribution in [1.82, 2.24) is 15.1 Å². The summed E-state index contributed by atoms with van der Waals surface area (Å²) in [5.74, 6) is -0.0763. The molecular weight excluding hydrogens is 298 g/mol. The van der Waals surface area contributed by atoms with Gasteiger partial charge >= 0.3 is 0 Å². The Bertz CT molecular complexity index is 452. The highest BCUT2D eigenvalue weighted by Gasteiger charge is 2.25. The molecule has 0 aliphatic carbocycles. The van der Waals surface area contributed by atoms with Crippen LogP contribution in [0.1, 0.15) is 16.6 Å². The number of thiophene rings is 1. The van der Waals surface area contributed by atoms with Crippen LogP contribution in [0, 0.1) is 0 Å². The molecular formula is C13H20ClN3O2S. The average molecular weight is 318 g/mol. The van der Waals surface area contributed by atoms with E-state index in [-0.39, 0.29) is 36.8 Å². The summed E-state index contributed by atoms with van der Waals surface area (Å²) >= 11 is 1.40. The molecule has 1 fully saturated rings. The standard InChI is InChI=1S/C13H19N3O2S.ClH/c1-10-8-14-5-6-16(10)12(17)9-15(2)13(18)11-4-3-7-19-11;/h3-4,7,10,14H,5-6,8-9H2,1-2H3;1H/t10-;/m0./s1. The first-order chi connectivity index (χ1) is 9.09. The number of carbonyl (C=O) groups excluding carboxylic acids is 2. The Balaban J connectivity index is 0.00000200. The van der Waals surface area contributed by atoms with E-state index >= 15 is 0 Å². The maximum absolute atomic E-state index is 12.2. The normalized spacial score (nSPS) is 18.3. The highest BCUT2D eigenvalue weighted by Crippen LogP contribution is 2.11. The minimum absolute atomic E-state index is 0. The molecule has 0 spiro atoms. The molecule has 5 nitrogen and oxygen atoms in total. The predicted octanol–water partition coefficient (Wildman–Crippen LogP) is 1.06. The molecule has 1 N–H and O–H groups in total. The predicted molar refractivity (Wildman–Crippen MR) is 82.6 cm³/mol. The molecule has 1 atom stereocenters. The third kappa shape index (κ3) is 3.94. The second kappa shape index (κ2) is 7.61. The Morgan fingerprint density at radius 2 is 2.30 bits per heavy atom. The van der Waals surface area contributed by atoms with Gasteiger partial charge < -0.3 is 15.1 Å². The summed E-state index contributed by atoms with van der Waals surface area (Å²) in [5.41, 5.74) is 0. The van der Waals surface area contributed by atoms with Gasteiger partial charge in [0.1, 0.15) is 0 Å². The number of rotatable bonds is 3. The topological polar surface area (TPSA) is 52.7 Å². The zero-order valence-electron chi connectivity index (χ0n) is 11.7. The Hall–Kier alpha value is -1.11. The maximum Gasteiger partial charge on any atom is 0.264 e. The number of likely N-dealkylation sites (N-methyl/N-ethyl adjacent to an activating group) is 1. The number of hydrogen-bond acceptors (Lipinski definition) is 4. The van der Waals surface area contributed by atoms with Gasteiger partial charge in [0.2, 0.25) is 5.91 Å². The SMILES string of the molecule is C[C@H]1CNCCN1C(=O)CN(C)C(=O)c1cccs1.Cl. The van der Waals surface area contributed by atoms with Crippen LogP contribution in [0.4, 0.5) is 0 Å². The minimum Gasteiger partial charge on any atom is -0.336 e. The molecule has 20 heavy (non-hydrogen) atoms. The van der Waals surface area contributed by atoms with Crippen LogP contribution in [0.25, 0.3) is 0 Å². The summed E-state index contributed by atoms with van der Waals surface area (Å²) in [7, 11) is 1.67. The lowest BCUT2D eigenvalue weighted by molar-refractivity contribution is -0.134. The lowest BCUT2D eigenvalue weighted by Crippen LogP contribution is -2.54. The van der Waals surface area contributed by atoms with Crippen molar-refractivity contribution in [2.75, 3.05) is 33.2 Å². The van der Waals surface area contributed by atoms with E-state index in [1.807, 2.05) is 23.3 Å². The fraction of sp³-hybridized carbons (Fsp3) is 0.538. The molecule has 0 saturated carbocycles. The number of piperazine rings is 1. The van der Waals surface area contributed by atoms with Crippen molar-refractivity contribution in [2.24, 2.45) is 0 Å². The molecule has 2 heterocycles. The minimum atomic E-state index is -0.0915. The zero-order chi connectivity index (χ0) is 13.8. The Morgan fingerprint density at radius 3 is 2.90 bits per heavy atom. The van der Waals surface area contributed by atoms with E-state index in [0.717, 1.165) is 13.1 Å². The van der Waals surface area contributed by atoms with Crippen LogP contribution < -0.4 is 5.32 Å². The van der Waals surface area contributed by atoms with Crippen molar-refractivity contribution < 1.29 is 9.59 Å². The van der Waals surface area contributed by atoms with Gasteiger partial charge in [0, 0.05) is 32.7 Å². The van der Waals surface area contributed by atoms with Gasteiger partial charge in [-0.25, -0.2) is 0 Å². The summed E-state index contributed by atoms with van der Waals surface area (Å²) in [4.78, 5) is 28.3. The van der Waals surface area contributed by atoms with Gasteiger partial charge in [-0.05, 0) is 18.4 Å². The first-order valence-corrected chi connectivity index (χ1v) is 7.26. The number of nitrogens with one attached hydrogen (secondary N) is 1. The second-order valence-corrected chi connectivity index (χ2v) is 5.73. The first-order valence-electron chi connectivity index (χ1n) is 6.38. The smallest absolute Gasteiger partial charge is 0.264 e. The van der Waals surface area contributed by atoms with E-state index in [9.17, 15) is 9.59 Å². The van der Waals surface area contributed by atoms with Crippen LogP contribution in [-0.4, -0.2) is 60.9 Å². The molecule has 1 aromatic rings. The van der Waals surface area contributed by atoms with Gasteiger partial charge in [0.05, 0.1) is 11.4 Å². The van der Waals surface area contributed by atoms with E-state index < -0.39 is 0 Å². The molecule has 2 amide bonds. The van der Waals surface area contributed by atoms with E-state index in [4.69, 9.17) is 0 Å². The summed E-state index contributed by atoms with van der Waals surface area (Å²) in [6, 6.07) is 3.80. The molecule has 1 aliphatic heterocycles. The Labute approximate surface area is 129 Å². The fourth-order valence-corrected chi connectivity index (χ4v) is 2.88. The van der Waals surface area contributed by atoms with Crippen LogP contribution in [0.2, 0.25) is 0 Å². The van der Waals surface area contributed by atoms with Gasteiger partial charge in [-0.2, -0.15) is 0 Å². The quantitative estimate of drug-likeness (QED) is 0.907. The number of halogens is 1. The highest BCUT2D eigenvalue weighted by atomic mass is 35.5. The molecule has 1 aliphatic rings. The zero-order valence-corrected chi connectivity index (χ0v) is 13.3. The largest absolute Gasteiger partial charge is 0.336 e. The fourth-order valence-electron chi connectivity index (χ4n) is 2.17. The van der Waals surface area contributed by atoms with E-state index in [1.54, 1.807) is 13.1 Å². The number of nitrogens with zero attached hydrogens (tertiary/aromatic N) is 2. The second-order valence-electron chi connectivity index (χ2n) is 4.78. The van der Waals surface area contributed by atoms with Crippen LogP contribution in [0.3, 0.4) is 0 Å².